The third-order valence-electron chi connectivity index (χ3n) is 3.83. The minimum absolute atomic E-state index is 0.00442. The molecule has 5 nitrogen and oxygen atoms in total. The number of ether oxygens (including phenoxy) is 1. The minimum Gasteiger partial charge on any atom is -0.398 e. The molecule has 0 spiro atoms. The summed E-state index contributed by atoms with van der Waals surface area (Å²) in [5, 5.41) is 0. The largest absolute Gasteiger partial charge is 0.398 e. The van der Waals surface area contributed by atoms with Crippen molar-refractivity contribution in [3.8, 4) is 0 Å². The summed E-state index contributed by atoms with van der Waals surface area (Å²) in [6.07, 6.45) is 2.93. The Bertz CT molecular complexity index is 638. The van der Waals surface area contributed by atoms with Crippen molar-refractivity contribution in [1.29, 1.82) is 0 Å². The minimum atomic E-state index is -3.68. The molecule has 1 aliphatic heterocycles. The van der Waals surface area contributed by atoms with Crippen LogP contribution < -0.4 is 10.5 Å². The first-order valence-electron chi connectivity index (χ1n) is 6.77. The summed E-state index contributed by atoms with van der Waals surface area (Å²) in [6.45, 7) is 0.603. The second-order valence-electron chi connectivity index (χ2n) is 5.50. The standard InChI is InChI=1S/C13H16Br2N2O3S/c14-8-5-9(15)13(10(16)6-8)21(18,19)17-11-3-4-20-12(11)7-1-2-7/h5-7,11-12,17H,1-4,16H2. The Hall–Kier alpha value is -0.150. The van der Waals surface area contributed by atoms with Crippen LogP contribution in [0.2, 0.25) is 0 Å². The molecule has 3 rings (SSSR count). The highest BCUT2D eigenvalue weighted by Crippen LogP contribution is 2.39. The Labute approximate surface area is 140 Å². The van der Waals surface area contributed by atoms with Crippen molar-refractivity contribution in [3.63, 3.8) is 0 Å². The highest BCUT2D eigenvalue weighted by Gasteiger charge is 2.42. The van der Waals surface area contributed by atoms with Gasteiger partial charge in [0.1, 0.15) is 4.90 Å². The zero-order valence-corrected chi connectivity index (χ0v) is 15.2. The van der Waals surface area contributed by atoms with Gasteiger partial charge in [-0.1, -0.05) is 15.9 Å². The van der Waals surface area contributed by atoms with E-state index in [-0.39, 0.29) is 22.7 Å². The fourth-order valence-electron chi connectivity index (χ4n) is 2.75. The molecule has 3 N–H and O–H groups in total. The second kappa shape index (κ2) is 5.81. The Balaban J connectivity index is 1.87. The van der Waals surface area contributed by atoms with Gasteiger partial charge in [0.15, 0.2) is 0 Å². The maximum atomic E-state index is 12.6. The zero-order chi connectivity index (χ0) is 15.2. The zero-order valence-electron chi connectivity index (χ0n) is 11.2. The monoisotopic (exact) mass is 438 g/mol. The van der Waals surface area contributed by atoms with Crippen LogP contribution in [0.4, 0.5) is 5.69 Å². The molecule has 2 aliphatic rings. The molecular formula is C13H16Br2N2O3S. The van der Waals surface area contributed by atoms with E-state index in [4.69, 9.17) is 10.5 Å². The molecule has 21 heavy (non-hydrogen) atoms. The number of halogens is 2. The molecule has 2 atom stereocenters. The molecule has 0 amide bonds. The van der Waals surface area contributed by atoms with E-state index in [0.717, 1.165) is 17.3 Å². The third-order valence-corrected chi connectivity index (χ3v) is 6.79. The molecule has 2 fully saturated rings. The summed E-state index contributed by atoms with van der Waals surface area (Å²) in [6, 6.07) is 3.09. The van der Waals surface area contributed by atoms with Crippen LogP contribution in [0.5, 0.6) is 0 Å². The predicted molar refractivity (Wildman–Crippen MR) is 87.4 cm³/mol. The first-order chi connectivity index (χ1) is 9.88. The maximum absolute atomic E-state index is 12.6. The van der Waals surface area contributed by atoms with Crippen LogP contribution >= 0.6 is 31.9 Å². The molecule has 0 bridgehead atoms. The van der Waals surface area contributed by atoms with Crippen molar-refractivity contribution in [3.05, 3.63) is 21.1 Å². The second-order valence-corrected chi connectivity index (χ2v) is 8.92. The van der Waals surface area contributed by atoms with Crippen molar-refractivity contribution in [1.82, 2.24) is 4.72 Å². The van der Waals surface area contributed by atoms with Crippen molar-refractivity contribution >= 4 is 47.6 Å². The number of nitrogen functional groups attached to an aromatic ring is 1. The molecule has 1 saturated carbocycles. The lowest BCUT2D eigenvalue weighted by Crippen LogP contribution is -2.41. The fourth-order valence-corrected chi connectivity index (χ4v) is 6.10. The van der Waals surface area contributed by atoms with Gasteiger partial charge in [-0.15, -0.1) is 0 Å². The number of sulfonamides is 1. The SMILES string of the molecule is Nc1cc(Br)cc(Br)c1S(=O)(=O)NC1CCOC1C1CC1. The molecule has 0 aromatic heterocycles. The number of hydrogen-bond donors (Lipinski definition) is 2. The van der Waals surface area contributed by atoms with Gasteiger partial charge in [-0.25, -0.2) is 13.1 Å². The number of nitrogens with two attached hydrogens (primary N) is 1. The number of anilines is 1. The normalized spacial score (nSPS) is 26.2. The summed E-state index contributed by atoms with van der Waals surface area (Å²) in [5.41, 5.74) is 6.09. The summed E-state index contributed by atoms with van der Waals surface area (Å²) < 4.78 is 34.9. The van der Waals surface area contributed by atoms with Crippen LogP contribution in [0.15, 0.2) is 26.0 Å². The van der Waals surface area contributed by atoms with E-state index in [1.54, 1.807) is 12.1 Å². The summed E-state index contributed by atoms with van der Waals surface area (Å²) in [4.78, 5) is 0.0900. The van der Waals surface area contributed by atoms with Gasteiger partial charge in [0, 0.05) is 15.6 Å². The lowest BCUT2D eigenvalue weighted by Gasteiger charge is -2.20. The molecule has 0 radical (unpaired) electrons. The van der Waals surface area contributed by atoms with Crippen molar-refractivity contribution < 1.29 is 13.2 Å². The van der Waals surface area contributed by atoms with E-state index in [9.17, 15) is 8.42 Å². The number of hydrogen-bond acceptors (Lipinski definition) is 4. The lowest BCUT2D eigenvalue weighted by atomic mass is 10.1. The molecule has 1 heterocycles. The summed E-state index contributed by atoms with van der Waals surface area (Å²) in [5.74, 6) is 0.492. The van der Waals surface area contributed by atoms with Crippen molar-refractivity contribution in [2.24, 2.45) is 5.92 Å². The predicted octanol–water partition coefficient (Wildman–Crippen LogP) is 2.64. The van der Waals surface area contributed by atoms with E-state index >= 15 is 0 Å². The van der Waals surface area contributed by atoms with Crippen LogP contribution in [0, 0.1) is 5.92 Å². The van der Waals surface area contributed by atoms with Gasteiger partial charge in [-0.05, 0) is 53.2 Å². The molecule has 2 unspecified atom stereocenters. The van der Waals surface area contributed by atoms with E-state index < -0.39 is 10.0 Å². The molecule has 1 aromatic rings. The first-order valence-corrected chi connectivity index (χ1v) is 9.84. The van der Waals surface area contributed by atoms with Crippen LogP contribution in [-0.4, -0.2) is 27.2 Å². The molecular weight excluding hydrogens is 424 g/mol. The van der Waals surface area contributed by atoms with E-state index in [1.165, 1.54) is 0 Å². The van der Waals surface area contributed by atoms with E-state index in [2.05, 4.69) is 36.6 Å². The van der Waals surface area contributed by atoms with Crippen LogP contribution in [0.25, 0.3) is 0 Å². The molecule has 1 aromatic carbocycles. The fraction of sp³-hybridized carbons (Fsp3) is 0.538. The van der Waals surface area contributed by atoms with Crippen molar-refractivity contribution in [2.45, 2.75) is 36.3 Å². The van der Waals surface area contributed by atoms with Crippen LogP contribution in [0.3, 0.4) is 0 Å². The Morgan fingerprint density at radius 1 is 1.24 bits per heavy atom. The Kier molecular flexibility index (Phi) is 4.35. The number of benzene rings is 1. The Morgan fingerprint density at radius 3 is 2.57 bits per heavy atom. The molecule has 1 saturated heterocycles. The van der Waals surface area contributed by atoms with Gasteiger partial charge in [-0.3, -0.25) is 0 Å². The first kappa shape index (κ1) is 15.7. The summed E-state index contributed by atoms with van der Waals surface area (Å²) >= 11 is 6.57. The molecule has 1 aliphatic carbocycles. The van der Waals surface area contributed by atoms with Crippen LogP contribution in [-0.2, 0) is 14.8 Å². The Morgan fingerprint density at radius 2 is 1.95 bits per heavy atom. The van der Waals surface area contributed by atoms with E-state index in [1.807, 2.05) is 0 Å². The smallest absolute Gasteiger partial charge is 0.244 e. The lowest BCUT2D eigenvalue weighted by molar-refractivity contribution is 0.0848. The maximum Gasteiger partial charge on any atom is 0.244 e. The quantitative estimate of drug-likeness (QED) is 0.706. The molecule has 116 valence electrons. The highest BCUT2D eigenvalue weighted by molar-refractivity contribution is 9.11. The highest BCUT2D eigenvalue weighted by atomic mass is 79.9. The van der Waals surface area contributed by atoms with Gasteiger partial charge in [0.05, 0.1) is 17.8 Å². The summed E-state index contributed by atoms with van der Waals surface area (Å²) in [7, 11) is -3.68. The molecule has 8 heteroatoms. The van der Waals surface area contributed by atoms with Gasteiger partial charge in [0.2, 0.25) is 10.0 Å². The number of nitrogens with one attached hydrogen (secondary N) is 1. The van der Waals surface area contributed by atoms with Gasteiger partial charge < -0.3 is 10.5 Å². The number of rotatable bonds is 4. The van der Waals surface area contributed by atoms with Gasteiger partial charge in [0.25, 0.3) is 0 Å². The average molecular weight is 440 g/mol. The third kappa shape index (κ3) is 3.29. The van der Waals surface area contributed by atoms with E-state index in [0.29, 0.717) is 23.4 Å². The van der Waals surface area contributed by atoms with Gasteiger partial charge in [-0.2, -0.15) is 0 Å². The van der Waals surface area contributed by atoms with Crippen molar-refractivity contribution in [2.75, 3.05) is 12.3 Å². The van der Waals surface area contributed by atoms with Crippen LogP contribution in [0.1, 0.15) is 19.3 Å². The van der Waals surface area contributed by atoms with Gasteiger partial charge >= 0.3 is 0 Å². The average Bonchev–Trinajstić information content (AvgIpc) is 3.08. The topological polar surface area (TPSA) is 81.4 Å².